The fourth-order valence-electron chi connectivity index (χ4n) is 0.346. The van der Waals surface area contributed by atoms with Crippen LogP contribution in [0.1, 0.15) is 0 Å². The minimum atomic E-state index is 0.0139. The molecule has 0 aromatic heterocycles. The Morgan fingerprint density at radius 3 is 2.88 bits per heavy atom. The Morgan fingerprint density at radius 1 is 1.88 bits per heavy atom. The number of rotatable bonds is 0. The fourth-order valence-corrected chi connectivity index (χ4v) is 0.825. The van der Waals surface area contributed by atoms with Crippen molar-refractivity contribution in [3.05, 3.63) is 11.6 Å². The molecule has 0 aromatic rings. The molecule has 1 heterocycles. The molecule has 0 saturated carbocycles. The van der Waals surface area contributed by atoms with Gasteiger partial charge in [-0.2, -0.15) is 4.41 Å². The maximum absolute atomic E-state index is 6.87. The molecule has 8 heavy (non-hydrogen) atoms. The van der Waals surface area contributed by atoms with Crippen LogP contribution in [0.2, 0.25) is 0 Å². The van der Waals surface area contributed by atoms with Crippen LogP contribution in [0.15, 0.2) is 11.6 Å². The minimum Gasteiger partial charge on any atom is -0.368 e. The van der Waals surface area contributed by atoms with E-state index in [9.17, 15) is 0 Å². The first-order chi connectivity index (χ1) is 3.80. The highest BCUT2D eigenvalue weighted by atomic mass is 32.2. The molecular weight excluding hydrogens is 124 g/mol. The Labute approximate surface area is 51.3 Å². The summed E-state index contributed by atoms with van der Waals surface area (Å²) in [5.41, 5.74) is 7.81. The van der Waals surface area contributed by atoms with Crippen molar-refractivity contribution in [2.75, 3.05) is 0 Å². The van der Waals surface area contributed by atoms with Crippen molar-refractivity contribution >= 4 is 17.9 Å². The molecule has 0 saturated heterocycles. The lowest BCUT2D eigenvalue weighted by Crippen LogP contribution is -2.35. The first-order valence-electron chi connectivity index (χ1n) is 2.03. The average molecular weight is 130 g/mol. The van der Waals surface area contributed by atoms with Crippen LogP contribution in [0.4, 0.5) is 0 Å². The molecule has 1 aliphatic heterocycles. The van der Waals surface area contributed by atoms with E-state index < -0.39 is 0 Å². The van der Waals surface area contributed by atoms with Crippen LogP contribution in [0, 0.1) is 5.41 Å². The smallest absolute Gasteiger partial charge is 0.218 e. The monoisotopic (exact) mass is 130 g/mol. The summed E-state index contributed by atoms with van der Waals surface area (Å²) in [7, 11) is 0. The highest BCUT2D eigenvalue weighted by Gasteiger charge is 2.05. The van der Waals surface area contributed by atoms with Crippen molar-refractivity contribution in [1.29, 1.82) is 5.41 Å². The van der Waals surface area contributed by atoms with Crippen LogP contribution in [0.25, 0.3) is 0 Å². The first-order valence-corrected chi connectivity index (χ1v) is 2.86. The van der Waals surface area contributed by atoms with Gasteiger partial charge in [-0.1, -0.05) is 0 Å². The molecule has 0 unspecified atom stereocenters. The first kappa shape index (κ1) is 5.30. The van der Waals surface area contributed by atoms with E-state index in [0.717, 1.165) is 0 Å². The second-order valence-electron chi connectivity index (χ2n) is 1.22. The second kappa shape index (κ2) is 1.95. The van der Waals surface area contributed by atoms with E-state index in [-0.39, 0.29) is 5.96 Å². The van der Waals surface area contributed by atoms with E-state index in [0.29, 0.717) is 0 Å². The van der Waals surface area contributed by atoms with Gasteiger partial charge in [0, 0.05) is 23.6 Å². The van der Waals surface area contributed by atoms with Crippen LogP contribution in [0.5, 0.6) is 0 Å². The SMILES string of the molecule is N=C(N)N1NC=CS1. The highest BCUT2D eigenvalue weighted by molar-refractivity contribution is 8.00. The minimum absolute atomic E-state index is 0.0139. The molecule has 0 bridgehead atoms. The summed E-state index contributed by atoms with van der Waals surface area (Å²) in [5.74, 6) is 0.0139. The molecule has 1 rings (SSSR count). The second-order valence-corrected chi connectivity index (χ2v) is 2.07. The van der Waals surface area contributed by atoms with Gasteiger partial charge in [-0.25, -0.2) is 0 Å². The quantitative estimate of drug-likeness (QED) is 0.242. The van der Waals surface area contributed by atoms with Crippen LogP contribution >= 0.6 is 11.9 Å². The fraction of sp³-hybridized carbons (Fsp3) is 0. The van der Waals surface area contributed by atoms with Crippen LogP contribution in [0.3, 0.4) is 0 Å². The lowest BCUT2D eigenvalue weighted by molar-refractivity contribution is 0.593. The molecule has 0 spiro atoms. The largest absolute Gasteiger partial charge is 0.368 e. The van der Waals surface area contributed by atoms with Gasteiger partial charge in [-0.3, -0.25) is 10.8 Å². The van der Waals surface area contributed by atoms with Gasteiger partial charge >= 0.3 is 0 Å². The van der Waals surface area contributed by atoms with Gasteiger partial charge in [0.2, 0.25) is 5.96 Å². The molecule has 0 aromatic carbocycles. The third-order valence-corrected chi connectivity index (χ3v) is 1.42. The zero-order chi connectivity index (χ0) is 5.98. The number of nitrogens with one attached hydrogen (secondary N) is 2. The number of nitrogens with zero attached hydrogens (tertiary/aromatic N) is 1. The average Bonchev–Trinajstić information content (AvgIpc) is 2.12. The zero-order valence-corrected chi connectivity index (χ0v) is 4.90. The molecule has 0 aliphatic carbocycles. The van der Waals surface area contributed by atoms with Gasteiger partial charge in [-0.15, -0.1) is 0 Å². The lowest BCUT2D eigenvalue weighted by atomic mass is 11.0. The molecule has 0 atom stereocenters. The van der Waals surface area contributed by atoms with E-state index in [4.69, 9.17) is 11.1 Å². The van der Waals surface area contributed by atoms with Gasteiger partial charge in [-0.05, 0) is 0 Å². The van der Waals surface area contributed by atoms with E-state index in [2.05, 4.69) is 5.43 Å². The predicted octanol–water partition coefficient (Wildman–Crippen LogP) is -0.181. The summed E-state index contributed by atoms with van der Waals surface area (Å²) < 4.78 is 1.44. The Hall–Kier alpha value is -0.840. The maximum Gasteiger partial charge on any atom is 0.218 e. The normalized spacial score (nSPS) is 16.2. The number of guanidine groups is 1. The summed E-state index contributed by atoms with van der Waals surface area (Å²) in [4.78, 5) is 0. The molecular formula is C3H6N4S. The third kappa shape index (κ3) is 0.865. The Balaban J connectivity index is 2.41. The number of hydrogen-bond donors (Lipinski definition) is 3. The third-order valence-electron chi connectivity index (χ3n) is 0.645. The highest BCUT2D eigenvalue weighted by Crippen LogP contribution is 2.11. The van der Waals surface area contributed by atoms with Crippen molar-refractivity contribution in [2.45, 2.75) is 0 Å². The lowest BCUT2D eigenvalue weighted by Gasteiger charge is -2.11. The molecule has 1 aliphatic rings. The molecule has 4 nitrogen and oxygen atoms in total. The van der Waals surface area contributed by atoms with Crippen molar-refractivity contribution in [3.63, 3.8) is 0 Å². The summed E-state index contributed by atoms with van der Waals surface area (Å²) in [5, 5.41) is 8.68. The van der Waals surface area contributed by atoms with Crippen molar-refractivity contribution in [1.82, 2.24) is 9.84 Å². The Bertz CT molecular complexity index is 123. The van der Waals surface area contributed by atoms with Crippen LogP contribution in [-0.4, -0.2) is 10.4 Å². The molecule has 4 N–H and O–H groups in total. The van der Waals surface area contributed by atoms with E-state index >= 15 is 0 Å². The maximum atomic E-state index is 6.87. The Morgan fingerprint density at radius 2 is 2.62 bits per heavy atom. The predicted molar refractivity (Wildman–Crippen MR) is 33.6 cm³/mol. The van der Waals surface area contributed by atoms with Crippen molar-refractivity contribution in [3.8, 4) is 0 Å². The standard InChI is InChI=1S/C3H6N4S/c4-3(5)7-6-1-2-8-7/h1-2,6H,(H3,4,5). The summed E-state index contributed by atoms with van der Waals surface area (Å²) in [6.07, 6.45) is 1.71. The number of hydrazine groups is 1. The van der Waals surface area contributed by atoms with Crippen molar-refractivity contribution in [2.24, 2.45) is 5.73 Å². The molecule has 0 fully saturated rings. The zero-order valence-electron chi connectivity index (χ0n) is 4.09. The van der Waals surface area contributed by atoms with Crippen LogP contribution < -0.4 is 11.2 Å². The van der Waals surface area contributed by atoms with Crippen molar-refractivity contribution < 1.29 is 0 Å². The van der Waals surface area contributed by atoms with E-state index in [1.54, 1.807) is 11.6 Å². The molecule has 44 valence electrons. The van der Waals surface area contributed by atoms with Gasteiger partial charge in [0.1, 0.15) is 0 Å². The van der Waals surface area contributed by atoms with E-state index in [1.165, 1.54) is 16.4 Å². The van der Waals surface area contributed by atoms with Gasteiger partial charge in [0.05, 0.1) is 0 Å². The summed E-state index contributed by atoms with van der Waals surface area (Å²) in [6.45, 7) is 0. The number of nitrogens with two attached hydrogens (primary N) is 1. The van der Waals surface area contributed by atoms with Gasteiger partial charge in [0.15, 0.2) is 0 Å². The summed E-state index contributed by atoms with van der Waals surface area (Å²) >= 11 is 1.34. The molecule has 0 radical (unpaired) electrons. The Kier molecular flexibility index (Phi) is 1.29. The molecule has 0 amide bonds. The summed E-state index contributed by atoms with van der Waals surface area (Å²) in [6, 6.07) is 0. The molecule has 5 heteroatoms. The van der Waals surface area contributed by atoms with Crippen LogP contribution in [-0.2, 0) is 0 Å². The number of hydrogen-bond acceptors (Lipinski definition) is 3. The van der Waals surface area contributed by atoms with Gasteiger partial charge < -0.3 is 5.73 Å². The van der Waals surface area contributed by atoms with Gasteiger partial charge in [0.25, 0.3) is 0 Å². The van der Waals surface area contributed by atoms with E-state index in [1.807, 2.05) is 0 Å². The topological polar surface area (TPSA) is 65.1 Å².